The Balaban J connectivity index is 1.99. The molecule has 0 saturated heterocycles. The number of nitrogens with zero attached hydrogens (tertiary/aromatic N) is 1. The molecule has 1 aliphatic rings. The van der Waals surface area contributed by atoms with Crippen molar-refractivity contribution in [3.05, 3.63) is 58.7 Å². The van der Waals surface area contributed by atoms with Gasteiger partial charge in [0.25, 0.3) is 0 Å². The van der Waals surface area contributed by atoms with E-state index < -0.39 is 0 Å². The molecule has 2 aromatic carbocycles. The maximum absolute atomic E-state index is 3.50. The van der Waals surface area contributed by atoms with Gasteiger partial charge < -0.3 is 4.57 Å². The lowest BCUT2D eigenvalue weighted by molar-refractivity contribution is 0.636. The number of benzene rings is 2. The molecule has 19 heavy (non-hydrogen) atoms. The number of halogens is 1. The predicted octanol–water partition coefficient (Wildman–Crippen LogP) is 5.02. The van der Waals surface area contributed by atoms with Gasteiger partial charge in [0.05, 0.1) is 5.52 Å². The fraction of sp³-hybridized carbons (Fsp3) is 0.176. The Hall–Kier alpha value is -1.54. The Bertz CT molecular complexity index is 753. The van der Waals surface area contributed by atoms with Crippen molar-refractivity contribution in [2.24, 2.45) is 0 Å². The number of hydrogen-bond acceptors (Lipinski definition) is 0. The summed E-state index contributed by atoms with van der Waals surface area (Å²) < 4.78 is 3.53. The summed E-state index contributed by atoms with van der Waals surface area (Å²) in [6.45, 7) is 1.15. The molecule has 1 aromatic heterocycles. The first-order valence-corrected chi connectivity index (χ1v) is 7.49. The van der Waals surface area contributed by atoms with Crippen LogP contribution in [0.3, 0.4) is 0 Å². The van der Waals surface area contributed by atoms with Crippen LogP contribution in [0.25, 0.3) is 22.0 Å². The van der Waals surface area contributed by atoms with Gasteiger partial charge in [-0.05, 0) is 47.7 Å². The summed E-state index contributed by atoms with van der Waals surface area (Å²) in [4.78, 5) is 0. The van der Waals surface area contributed by atoms with Crippen molar-refractivity contribution in [3.63, 3.8) is 0 Å². The van der Waals surface area contributed by atoms with Crippen LogP contribution in [0, 0.1) is 0 Å². The fourth-order valence-electron chi connectivity index (χ4n) is 3.11. The Morgan fingerprint density at radius 2 is 1.79 bits per heavy atom. The highest BCUT2D eigenvalue weighted by atomic mass is 79.9. The van der Waals surface area contributed by atoms with E-state index in [1.807, 2.05) is 0 Å². The molecule has 2 heterocycles. The highest BCUT2D eigenvalue weighted by molar-refractivity contribution is 9.10. The Morgan fingerprint density at radius 3 is 2.63 bits per heavy atom. The molecule has 0 radical (unpaired) electrons. The summed E-state index contributed by atoms with van der Waals surface area (Å²) >= 11 is 3.50. The van der Waals surface area contributed by atoms with Crippen LogP contribution in [0.1, 0.15) is 12.0 Å². The molecule has 1 aliphatic heterocycles. The predicted molar refractivity (Wildman–Crippen MR) is 83.4 cm³/mol. The number of hydrogen-bond donors (Lipinski definition) is 0. The minimum absolute atomic E-state index is 1.13. The minimum Gasteiger partial charge on any atom is -0.347 e. The fourth-order valence-corrected chi connectivity index (χ4v) is 3.37. The molecule has 3 aromatic rings. The lowest BCUT2D eigenvalue weighted by Gasteiger charge is -2.17. The first-order valence-electron chi connectivity index (χ1n) is 6.69. The van der Waals surface area contributed by atoms with E-state index in [1.165, 1.54) is 40.4 Å². The van der Waals surface area contributed by atoms with Gasteiger partial charge in [0.15, 0.2) is 0 Å². The van der Waals surface area contributed by atoms with Crippen molar-refractivity contribution < 1.29 is 0 Å². The van der Waals surface area contributed by atoms with Crippen molar-refractivity contribution in [1.82, 2.24) is 4.57 Å². The molecule has 0 unspecified atom stereocenters. The van der Waals surface area contributed by atoms with Crippen LogP contribution in [0.5, 0.6) is 0 Å². The molecule has 0 fully saturated rings. The molecule has 0 N–H and O–H groups in total. The highest BCUT2D eigenvalue weighted by Gasteiger charge is 2.15. The molecular weight excluding hydrogens is 298 g/mol. The molecule has 0 spiro atoms. The molecule has 0 amide bonds. The molecular formula is C17H14BrN. The maximum atomic E-state index is 3.50. The summed E-state index contributed by atoms with van der Waals surface area (Å²) in [7, 11) is 0. The van der Waals surface area contributed by atoms with Crippen molar-refractivity contribution in [3.8, 4) is 11.1 Å². The normalized spacial score (nSPS) is 13.9. The topological polar surface area (TPSA) is 4.93 Å². The average Bonchev–Trinajstić information content (AvgIpc) is 2.87. The summed E-state index contributed by atoms with van der Waals surface area (Å²) in [5.74, 6) is 0. The lowest BCUT2D eigenvalue weighted by Crippen LogP contribution is -2.06. The van der Waals surface area contributed by atoms with Gasteiger partial charge in [-0.25, -0.2) is 0 Å². The zero-order chi connectivity index (χ0) is 12.8. The van der Waals surface area contributed by atoms with E-state index in [-0.39, 0.29) is 0 Å². The van der Waals surface area contributed by atoms with Crippen LogP contribution < -0.4 is 0 Å². The summed E-state index contributed by atoms with van der Waals surface area (Å²) in [6.07, 6.45) is 4.70. The van der Waals surface area contributed by atoms with Crippen LogP contribution in [-0.2, 0) is 13.0 Å². The monoisotopic (exact) mass is 311 g/mol. The molecule has 0 saturated carbocycles. The zero-order valence-electron chi connectivity index (χ0n) is 10.6. The second kappa shape index (κ2) is 4.24. The second-order valence-corrected chi connectivity index (χ2v) is 6.07. The molecule has 2 heteroatoms. The smallest absolute Gasteiger partial charge is 0.0519 e. The Morgan fingerprint density at radius 1 is 0.947 bits per heavy atom. The van der Waals surface area contributed by atoms with Crippen LogP contribution in [0.2, 0.25) is 0 Å². The molecule has 1 nitrogen and oxygen atoms in total. The van der Waals surface area contributed by atoms with Crippen molar-refractivity contribution in [1.29, 1.82) is 0 Å². The van der Waals surface area contributed by atoms with E-state index in [2.05, 4.69) is 69.2 Å². The van der Waals surface area contributed by atoms with Gasteiger partial charge in [-0.3, -0.25) is 0 Å². The van der Waals surface area contributed by atoms with Gasteiger partial charge >= 0.3 is 0 Å². The summed E-state index contributed by atoms with van der Waals surface area (Å²) in [6, 6.07) is 15.4. The Kier molecular flexibility index (Phi) is 2.52. The highest BCUT2D eigenvalue weighted by Crippen LogP contribution is 2.34. The standard InChI is InChI=1S/C17H14BrN/c18-14-6-3-12(4-7-14)15-8-5-13-2-1-10-19-11-9-16(15)17(13)19/h3-9,11H,1-2,10H2. The van der Waals surface area contributed by atoms with Gasteiger partial charge in [-0.1, -0.05) is 40.2 Å². The van der Waals surface area contributed by atoms with Crippen molar-refractivity contribution >= 4 is 26.8 Å². The summed E-state index contributed by atoms with van der Waals surface area (Å²) in [5, 5.41) is 1.39. The number of aryl methyl sites for hydroxylation is 2. The van der Waals surface area contributed by atoms with Gasteiger partial charge in [-0.2, -0.15) is 0 Å². The third-order valence-electron chi connectivity index (χ3n) is 4.01. The van der Waals surface area contributed by atoms with Gasteiger partial charge in [0, 0.05) is 22.6 Å². The third kappa shape index (κ3) is 1.74. The minimum atomic E-state index is 1.13. The molecule has 0 bridgehead atoms. The van der Waals surface area contributed by atoms with Gasteiger partial charge in [0.2, 0.25) is 0 Å². The van der Waals surface area contributed by atoms with E-state index >= 15 is 0 Å². The van der Waals surface area contributed by atoms with Crippen LogP contribution in [-0.4, -0.2) is 4.57 Å². The van der Waals surface area contributed by atoms with Crippen LogP contribution in [0.15, 0.2) is 53.1 Å². The van der Waals surface area contributed by atoms with E-state index in [0.29, 0.717) is 0 Å². The maximum Gasteiger partial charge on any atom is 0.0519 e. The second-order valence-electron chi connectivity index (χ2n) is 5.15. The van der Waals surface area contributed by atoms with Gasteiger partial charge in [-0.15, -0.1) is 0 Å². The third-order valence-corrected chi connectivity index (χ3v) is 4.54. The summed E-state index contributed by atoms with van der Waals surface area (Å²) in [5.41, 5.74) is 5.56. The quantitative estimate of drug-likeness (QED) is 0.595. The van der Waals surface area contributed by atoms with E-state index in [1.54, 1.807) is 0 Å². The van der Waals surface area contributed by atoms with E-state index in [9.17, 15) is 0 Å². The largest absolute Gasteiger partial charge is 0.347 e. The first kappa shape index (κ1) is 11.3. The first-order chi connectivity index (χ1) is 9.33. The molecule has 0 atom stereocenters. The zero-order valence-corrected chi connectivity index (χ0v) is 12.2. The molecule has 4 rings (SSSR count). The van der Waals surface area contributed by atoms with Crippen molar-refractivity contribution in [2.45, 2.75) is 19.4 Å². The van der Waals surface area contributed by atoms with Gasteiger partial charge in [0.1, 0.15) is 0 Å². The molecule has 0 aliphatic carbocycles. The number of rotatable bonds is 1. The lowest BCUT2D eigenvalue weighted by atomic mass is 9.96. The SMILES string of the molecule is Brc1ccc(-c2ccc3c4c2ccn4CCC3)cc1. The Labute approximate surface area is 121 Å². The van der Waals surface area contributed by atoms with E-state index in [0.717, 1.165) is 11.0 Å². The average molecular weight is 312 g/mol. The molecule has 94 valence electrons. The van der Waals surface area contributed by atoms with Crippen LogP contribution >= 0.6 is 15.9 Å². The van der Waals surface area contributed by atoms with E-state index in [4.69, 9.17) is 0 Å². The number of aromatic nitrogens is 1. The van der Waals surface area contributed by atoms with Crippen molar-refractivity contribution in [2.75, 3.05) is 0 Å². The van der Waals surface area contributed by atoms with Crippen LogP contribution in [0.4, 0.5) is 0 Å².